The lowest BCUT2D eigenvalue weighted by molar-refractivity contribution is 0.0786. The van der Waals surface area contributed by atoms with Crippen LogP contribution in [-0.2, 0) is 22.0 Å². The molecule has 1 amide bonds. The maximum Gasteiger partial charge on any atom is 0.265 e. The molecule has 1 aromatic carbocycles. The fourth-order valence-electron chi connectivity index (χ4n) is 3.53. The molecule has 0 atom stereocenters. The van der Waals surface area contributed by atoms with Gasteiger partial charge >= 0.3 is 0 Å². The van der Waals surface area contributed by atoms with Crippen molar-refractivity contribution in [3.8, 4) is 0 Å². The highest BCUT2D eigenvalue weighted by Gasteiger charge is 2.31. The molecule has 0 bridgehead atoms. The Balaban J connectivity index is 1.76. The monoisotopic (exact) mass is 434 g/mol. The van der Waals surface area contributed by atoms with E-state index in [1.54, 1.807) is 23.4 Å². The molecule has 2 heterocycles. The zero-order valence-corrected chi connectivity index (χ0v) is 19.3. The van der Waals surface area contributed by atoms with Crippen LogP contribution in [0.2, 0.25) is 0 Å². The van der Waals surface area contributed by atoms with E-state index in [-0.39, 0.29) is 16.2 Å². The number of amides is 1. The Morgan fingerprint density at radius 1 is 1.07 bits per heavy atom. The summed E-state index contributed by atoms with van der Waals surface area (Å²) in [5, 5.41) is 1.69. The molecule has 1 fully saturated rings. The van der Waals surface area contributed by atoms with E-state index >= 15 is 0 Å². The van der Waals surface area contributed by atoms with E-state index in [1.165, 1.54) is 21.2 Å². The maximum atomic E-state index is 13.0. The van der Waals surface area contributed by atoms with Gasteiger partial charge in [0.05, 0.1) is 0 Å². The molecular weight excluding hydrogens is 404 g/mol. The average Bonchev–Trinajstić information content (AvgIpc) is 3.18. The molecule has 0 N–H and O–H groups in total. The van der Waals surface area contributed by atoms with Crippen molar-refractivity contribution in [2.24, 2.45) is 0 Å². The van der Waals surface area contributed by atoms with Gasteiger partial charge in [-0.15, -0.1) is 11.3 Å². The maximum absolute atomic E-state index is 13.0. The third-order valence-electron chi connectivity index (χ3n) is 5.34. The lowest BCUT2D eigenvalue weighted by Crippen LogP contribution is -2.36. The molecule has 0 saturated carbocycles. The normalized spacial score (nSPS) is 16.0. The van der Waals surface area contributed by atoms with Crippen LogP contribution in [0.4, 0.5) is 0 Å². The van der Waals surface area contributed by atoms with E-state index in [2.05, 4.69) is 32.9 Å². The average molecular weight is 435 g/mol. The first-order valence-corrected chi connectivity index (χ1v) is 12.4. The van der Waals surface area contributed by atoms with Gasteiger partial charge in [-0.25, -0.2) is 8.42 Å². The molecule has 29 heavy (non-hydrogen) atoms. The summed E-state index contributed by atoms with van der Waals surface area (Å²) in [6.45, 7) is 7.99. The number of benzene rings is 1. The van der Waals surface area contributed by atoms with Crippen LogP contribution in [-0.4, -0.2) is 43.7 Å². The zero-order valence-electron chi connectivity index (χ0n) is 17.6. The molecule has 2 aromatic rings. The molecule has 1 saturated heterocycles. The Morgan fingerprint density at radius 2 is 1.69 bits per heavy atom. The summed E-state index contributed by atoms with van der Waals surface area (Å²) < 4.78 is 27.6. The molecule has 0 spiro atoms. The Kier molecular flexibility index (Phi) is 6.51. The first-order chi connectivity index (χ1) is 13.6. The van der Waals surface area contributed by atoms with Gasteiger partial charge in [0.15, 0.2) is 0 Å². The summed E-state index contributed by atoms with van der Waals surface area (Å²) in [4.78, 5) is 15.1. The highest BCUT2D eigenvalue weighted by atomic mass is 32.2. The predicted octanol–water partition coefficient (Wildman–Crippen LogP) is 4.49. The molecule has 1 aliphatic heterocycles. The van der Waals surface area contributed by atoms with Crippen molar-refractivity contribution in [1.82, 2.24) is 9.21 Å². The molecule has 158 valence electrons. The van der Waals surface area contributed by atoms with Crippen LogP contribution in [0.25, 0.3) is 0 Å². The van der Waals surface area contributed by atoms with Crippen molar-refractivity contribution in [1.29, 1.82) is 0 Å². The van der Waals surface area contributed by atoms with E-state index in [0.717, 1.165) is 24.8 Å². The molecule has 0 radical (unpaired) electrons. The van der Waals surface area contributed by atoms with Gasteiger partial charge in [-0.05, 0) is 40.8 Å². The van der Waals surface area contributed by atoms with Crippen molar-refractivity contribution in [2.45, 2.75) is 56.9 Å². The summed E-state index contributed by atoms with van der Waals surface area (Å²) in [5.41, 5.74) is 2.34. The fraction of sp³-hybridized carbons (Fsp3) is 0.500. The van der Waals surface area contributed by atoms with E-state index in [4.69, 9.17) is 0 Å². The van der Waals surface area contributed by atoms with Crippen LogP contribution in [0.1, 0.15) is 60.8 Å². The predicted molar refractivity (Wildman–Crippen MR) is 118 cm³/mol. The van der Waals surface area contributed by atoms with Gasteiger partial charge in [0.2, 0.25) is 10.0 Å². The summed E-state index contributed by atoms with van der Waals surface area (Å²) in [6.07, 6.45) is 2.80. The largest absolute Gasteiger partial charge is 0.337 e. The molecule has 5 nitrogen and oxygen atoms in total. The third kappa shape index (κ3) is 4.90. The zero-order chi connectivity index (χ0) is 21.2. The number of sulfonamides is 1. The SMILES string of the molecule is CN(Cc1ccc(C(C)(C)C)cc1)C(=O)c1sccc1S(=O)(=O)N1CCCCC1. The second-order valence-corrected chi connectivity index (χ2v) is 11.5. The molecule has 7 heteroatoms. The second-order valence-electron chi connectivity index (χ2n) is 8.69. The van der Waals surface area contributed by atoms with Gasteiger partial charge in [-0.3, -0.25) is 4.79 Å². The number of thiophene rings is 1. The lowest BCUT2D eigenvalue weighted by Gasteiger charge is -2.26. The second kappa shape index (κ2) is 8.58. The van der Waals surface area contributed by atoms with E-state index in [9.17, 15) is 13.2 Å². The quantitative estimate of drug-likeness (QED) is 0.697. The topological polar surface area (TPSA) is 57.7 Å². The summed E-state index contributed by atoms with van der Waals surface area (Å²) >= 11 is 1.20. The van der Waals surface area contributed by atoms with Gasteiger partial charge in [-0.1, -0.05) is 51.5 Å². The van der Waals surface area contributed by atoms with Crippen LogP contribution in [0.3, 0.4) is 0 Å². The standard InChI is InChI=1S/C22H30N2O3S2/c1-22(2,3)18-10-8-17(9-11-18)16-23(4)21(25)20-19(12-15-28-20)29(26,27)24-13-6-5-7-14-24/h8-12,15H,5-7,13-14,16H2,1-4H3. The molecular formula is C22H30N2O3S2. The van der Waals surface area contributed by atoms with Crippen molar-refractivity contribution in [3.63, 3.8) is 0 Å². The summed E-state index contributed by atoms with van der Waals surface area (Å²) in [7, 11) is -1.91. The minimum Gasteiger partial charge on any atom is -0.337 e. The molecule has 0 unspecified atom stereocenters. The third-order valence-corrected chi connectivity index (χ3v) is 8.32. The minimum absolute atomic E-state index is 0.0783. The van der Waals surface area contributed by atoms with Gasteiger partial charge in [0.1, 0.15) is 9.77 Å². The Morgan fingerprint density at radius 3 is 2.28 bits per heavy atom. The van der Waals surface area contributed by atoms with E-state index in [1.807, 2.05) is 12.1 Å². The first kappa shape index (κ1) is 22.0. The van der Waals surface area contributed by atoms with E-state index < -0.39 is 10.0 Å². The Bertz CT molecular complexity index is 951. The Labute approximate surface area is 178 Å². The van der Waals surface area contributed by atoms with Crippen LogP contribution in [0.5, 0.6) is 0 Å². The number of rotatable bonds is 5. The number of hydrogen-bond donors (Lipinski definition) is 0. The number of piperidine rings is 1. The van der Waals surface area contributed by atoms with Crippen molar-refractivity contribution < 1.29 is 13.2 Å². The number of carbonyl (C=O) groups is 1. The number of carbonyl (C=O) groups excluding carboxylic acids is 1. The van der Waals surface area contributed by atoms with Crippen molar-refractivity contribution in [2.75, 3.05) is 20.1 Å². The molecule has 3 rings (SSSR count). The van der Waals surface area contributed by atoms with Gasteiger partial charge in [0, 0.05) is 26.7 Å². The van der Waals surface area contributed by atoms with Gasteiger partial charge in [-0.2, -0.15) is 4.31 Å². The summed E-state index contributed by atoms with van der Waals surface area (Å²) in [6, 6.07) is 9.80. The number of nitrogens with zero attached hydrogens (tertiary/aromatic N) is 2. The van der Waals surface area contributed by atoms with Gasteiger partial charge < -0.3 is 4.90 Å². The molecule has 0 aliphatic carbocycles. The van der Waals surface area contributed by atoms with E-state index in [0.29, 0.717) is 24.5 Å². The van der Waals surface area contributed by atoms with Crippen LogP contribution >= 0.6 is 11.3 Å². The van der Waals surface area contributed by atoms with Crippen LogP contribution in [0, 0.1) is 0 Å². The van der Waals surface area contributed by atoms with Crippen molar-refractivity contribution >= 4 is 27.3 Å². The highest BCUT2D eigenvalue weighted by Crippen LogP contribution is 2.29. The highest BCUT2D eigenvalue weighted by molar-refractivity contribution is 7.89. The number of hydrogen-bond acceptors (Lipinski definition) is 4. The van der Waals surface area contributed by atoms with Crippen molar-refractivity contribution in [3.05, 3.63) is 51.7 Å². The lowest BCUT2D eigenvalue weighted by atomic mass is 9.87. The minimum atomic E-state index is -3.63. The van der Waals surface area contributed by atoms with Gasteiger partial charge in [0.25, 0.3) is 5.91 Å². The summed E-state index contributed by atoms with van der Waals surface area (Å²) in [5.74, 6) is -0.254. The molecule has 1 aliphatic rings. The fourth-order valence-corrected chi connectivity index (χ4v) is 6.44. The first-order valence-electron chi connectivity index (χ1n) is 10.0. The molecule has 1 aromatic heterocycles. The van der Waals surface area contributed by atoms with Crippen LogP contribution in [0.15, 0.2) is 40.6 Å². The van der Waals surface area contributed by atoms with Crippen LogP contribution < -0.4 is 0 Å². The smallest absolute Gasteiger partial charge is 0.265 e. The Hall–Kier alpha value is -1.70.